The lowest BCUT2D eigenvalue weighted by Gasteiger charge is -2.38. The summed E-state index contributed by atoms with van der Waals surface area (Å²) in [5.74, 6) is -0.633. The first-order valence-electron chi connectivity index (χ1n) is 8.90. The molecule has 1 aliphatic rings. The predicted octanol–water partition coefficient (Wildman–Crippen LogP) is 2.84. The lowest BCUT2D eigenvalue weighted by atomic mass is 9.84. The molecule has 148 valence electrons. The Morgan fingerprint density at radius 3 is 2.64 bits per heavy atom. The highest BCUT2D eigenvalue weighted by Crippen LogP contribution is 2.39. The van der Waals surface area contributed by atoms with Gasteiger partial charge >= 0.3 is 5.97 Å². The normalized spacial score (nSPS) is 17.9. The number of rotatable bonds is 7. The van der Waals surface area contributed by atoms with Crippen LogP contribution in [-0.2, 0) is 11.3 Å². The Hall–Kier alpha value is -3.13. The van der Waals surface area contributed by atoms with Crippen molar-refractivity contribution >= 4 is 17.3 Å². The molecule has 2 aromatic rings. The number of ether oxygens (including phenoxy) is 1. The first kappa shape index (κ1) is 19.6. The second-order valence-electron chi connectivity index (χ2n) is 7.24. The molecular formula is C20H22N2O6. The Kier molecular flexibility index (Phi) is 5.51. The minimum Gasteiger partial charge on any atom is -0.486 e. The van der Waals surface area contributed by atoms with Gasteiger partial charge in [-0.25, -0.2) is 0 Å². The molecule has 0 aromatic heterocycles. The molecule has 0 fully saturated rings. The first-order valence-corrected chi connectivity index (χ1v) is 8.90. The number of carboxylic acid groups (broad SMARTS) is 1. The largest absolute Gasteiger partial charge is 0.486 e. The van der Waals surface area contributed by atoms with Crippen molar-refractivity contribution in [2.75, 3.05) is 18.1 Å². The van der Waals surface area contributed by atoms with Gasteiger partial charge < -0.3 is 19.8 Å². The van der Waals surface area contributed by atoms with Crippen molar-refractivity contribution in [3.8, 4) is 5.75 Å². The highest BCUT2D eigenvalue weighted by molar-refractivity contribution is 5.74. The maximum absolute atomic E-state index is 11.6. The number of nitrogens with zero attached hydrogens (tertiary/aromatic N) is 2. The first-order chi connectivity index (χ1) is 13.3. The van der Waals surface area contributed by atoms with E-state index in [1.165, 1.54) is 25.1 Å². The Morgan fingerprint density at radius 1 is 1.32 bits per heavy atom. The molecule has 2 atom stereocenters. The predicted molar refractivity (Wildman–Crippen MR) is 102 cm³/mol. The van der Waals surface area contributed by atoms with Gasteiger partial charge in [-0.1, -0.05) is 30.3 Å². The van der Waals surface area contributed by atoms with Crippen LogP contribution in [0.1, 0.15) is 18.9 Å². The number of aliphatic hydroxyl groups excluding tert-OH is 1. The van der Waals surface area contributed by atoms with Crippen LogP contribution in [0.25, 0.3) is 0 Å². The molecule has 0 radical (unpaired) electrons. The average molecular weight is 386 g/mol. The highest BCUT2D eigenvalue weighted by Gasteiger charge is 2.39. The molecule has 1 aliphatic heterocycles. The molecule has 8 nitrogen and oxygen atoms in total. The van der Waals surface area contributed by atoms with E-state index in [9.17, 15) is 25.1 Å². The Labute approximate surface area is 162 Å². The number of nitro benzene ring substituents is 1. The van der Waals surface area contributed by atoms with Crippen molar-refractivity contribution < 1.29 is 24.7 Å². The molecule has 0 bridgehead atoms. The van der Waals surface area contributed by atoms with E-state index in [4.69, 9.17) is 4.74 Å². The zero-order valence-corrected chi connectivity index (χ0v) is 15.4. The number of fused-ring (bicyclic) bond motifs is 1. The molecule has 1 heterocycles. The van der Waals surface area contributed by atoms with Crippen LogP contribution in [0.3, 0.4) is 0 Å². The van der Waals surface area contributed by atoms with Crippen molar-refractivity contribution in [3.05, 3.63) is 64.2 Å². The Morgan fingerprint density at radius 2 is 2.04 bits per heavy atom. The SMILES string of the molecule is CC(CO)(CC1CN(Cc2ccccc2)c2cc([N+](=O)[O-])ccc2O1)C(=O)O. The number of hydrogen-bond acceptors (Lipinski definition) is 6. The van der Waals surface area contributed by atoms with Gasteiger partial charge in [-0.15, -0.1) is 0 Å². The smallest absolute Gasteiger partial charge is 0.311 e. The van der Waals surface area contributed by atoms with Gasteiger partial charge in [0.25, 0.3) is 5.69 Å². The molecule has 2 unspecified atom stereocenters. The van der Waals surface area contributed by atoms with Gasteiger partial charge in [-0.3, -0.25) is 14.9 Å². The van der Waals surface area contributed by atoms with E-state index >= 15 is 0 Å². The van der Waals surface area contributed by atoms with Gasteiger partial charge in [0.1, 0.15) is 11.9 Å². The van der Waals surface area contributed by atoms with Gasteiger partial charge in [0.15, 0.2) is 0 Å². The molecule has 28 heavy (non-hydrogen) atoms. The summed E-state index contributed by atoms with van der Waals surface area (Å²) in [5, 5.41) is 30.2. The zero-order valence-electron chi connectivity index (χ0n) is 15.4. The second kappa shape index (κ2) is 7.85. The Balaban J connectivity index is 1.93. The zero-order chi connectivity index (χ0) is 20.3. The molecule has 0 saturated heterocycles. The minimum absolute atomic E-state index is 0.0374. The summed E-state index contributed by atoms with van der Waals surface area (Å²) in [6, 6.07) is 14.0. The molecule has 0 amide bonds. The van der Waals surface area contributed by atoms with Gasteiger partial charge in [0.05, 0.1) is 29.2 Å². The van der Waals surface area contributed by atoms with Crippen LogP contribution < -0.4 is 9.64 Å². The van der Waals surface area contributed by atoms with Crippen LogP contribution in [0.5, 0.6) is 5.75 Å². The third kappa shape index (κ3) is 4.07. The van der Waals surface area contributed by atoms with Crippen LogP contribution in [-0.4, -0.2) is 40.4 Å². The number of anilines is 1. The quantitative estimate of drug-likeness (QED) is 0.556. The molecule has 0 saturated carbocycles. The van der Waals surface area contributed by atoms with Crippen molar-refractivity contribution in [3.63, 3.8) is 0 Å². The fraction of sp³-hybridized carbons (Fsp3) is 0.350. The van der Waals surface area contributed by atoms with Crippen molar-refractivity contribution in [2.45, 2.75) is 26.0 Å². The van der Waals surface area contributed by atoms with Crippen LogP contribution in [0, 0.1) is 15.5 Å². The van der Waals surface area contributed by atoms with Gasteiger partial charge in [-0.05, 0) is 18.6 Å². The number of carbonyl (C=O) groups is 1. The van der Waals surface area contributed by atoms with E-state index in [-0.39, 0.29) is 12.1 Å². The lowest BCUT2D eigenvalue weighted by molar-refractivity contribution is -0.384. The fourth-order valence-corrected chi connectivity index (χ4v) is 3.31. The number of benzene rings is 2. The number of aliphatic carboxylic acids is 1. The van der Waals surface area contributed by atoms with E-state index in [2.05, 4.69) is 0 Å². The summed E-state index contributed by atoms with van der Waals surface area (Å²) >= 11 is 0. The van der Waals surface area contributed by atoms with Gasteiger partial charge in [0, 0.05) is 25.1 Å². The summed E-state index contributed by atoms with van der Waals surface area (Å²) in [5.41, 5.74) is 0.241. The molecule has 3 rings (SSSR count). The molecule has 2 aromatic carbocycles. The van der Waals surface area contributed by atoms with E-state index in [1.54, 1.807) is 0 Å². The van der Waals surface area contributed by atoms with E-state index in [0.29, 0.717) is 24.5 Å². The summed E-state index contributed by atoms with van der Waals surface area (Å²) < 4.78 is 5.94. The second-order valence-corrected chi connectivity index (χ2v) is 7.24. The number of non-ortho nitro benzene ring substituents is 1. The maximum Gasteiger partial charge on any atom is 0.311 e. The molecule has 8 heteroatoms. The topological polar surface area (TPSA) is 113 Å². The number of hydrogen-bond donors (Lipinski definition) is 2. The van der Waals surface area contributed by atoms with Crippen molar-refractivity contribution in [1.29, 1.82) is 0 Å². The maximum atomic E-state index is 11.6. The number of carboxylic acids is 1. The molecular weight excluding hydrogens is 364 g/mol. The average Bonchev–Trinajstić information content (AvgIpc) is 2.68. The van der Waals surface area contributed by atoms with E-state index < -0.39 is 29.0 Å². The summed E-state index contributed by atoms with van der Waals surface area (Å²) in [4.78, 5) is 24.2. The third-order valence-corrected chi connectivity index (χ3v) is 4.97. The standard InChI is InChI=1S/C20H22N2O6/c1-20(13-23,19(24)25)10-16-12-21(11-14-5-3-2-4-6-14)17-9-15(22(26)27)7-8-18(17)28-16/h2-9,16,23H,10-13H2,1H3,(H,24,25). The Bertz CT molecular complexity index is 872. The molecule has 0 aliphatic carbocycles. The summed E-state index contributed by atoms with van der Waals surface area (Å²) in [6.45, 7) is 1.82. The van der Waals surface area contributed by atoms with Crippen molar-refractivity contribution in [1.82, 2.24) is 0 Å². The van der Waals surface area contributed by atoms with Crippen LogP contribution in [0.15, 0.2) is 48.5 Å². The summed E-state index contributed by atoms with van der Waals surface area (Å²) in [6.07, 6.45) is -0.369. The third-order valence-electron chi connectivity index (χ3n) is 4.97. The van der Waals surface area contributed by atoms with Crippen LogP contribution in [0.2, 0.25) is 0 Å². The molecule has 0 spiro atoms. The van der Waals surface area contributed by atoms with Gasteiger partial charge in [0.2, 0.25) is 0 Å². The number of nitro groups is 1. The fourth-order valence-electron chi connectivity index (χ4n) is 3.31. The highest BCUT2D eigenvalue weighted by atomic mass is 16.6. The van der Waals surface area contributed by atoms with Crippen LogP contribution >= 0.6 is 0 Å². The minimum atomic E-state index is -1.33. The molecule has 2 N–H and O–H groups in total. The van der Waals surface area contributed by atoms with Crippen molar-refractivity contribution in [2.24, 2.45) is 5.41 Å². The summed E-state index contributed by atoms with van der Waals surface area (Å²) in [7, 11) is 0. The monoisotopic (exact) mass is 386 g/mol. The lowest BCUT2D eigenvalue weighted by Crippen LogP contribution is -2.45. The van der Waals surface area contributed by atoms with E-state index in [0.717, 1.165) is 5.56 Å². The van der Waals surface area contributed by atoms with E-state index in [1.807, 2.05) is 35.2 Å². The van der Waals surface area contributed by atoms with Gasteiger partial charge in [-0.2, -0.15) is 0 Å². The van der Waals surface area contributed by atoms with Crippen LogP contribution in [0.4, 0.5) is 11.4 Å². The number of aliphatic hydroxyl groups is 1.